The number of H-pyrrole nitrogens is 2. The molecule has 0 aliphatic rings. The average Bonchev–Trinajstić information content (AvgIpc) is 2.31. The lowest BCUT2D eigenvalue weighted by Crippen LogP contribution is -3.00. The van der Waals surface area contributed by atoms with Crippen LogP contribution in [0.3, 0.4) is 0 Å². The smallest absolute Gasteiger partial charge is 0.325 e. The third-order valence-corrected chi connectivity index (χ3v) is 2.61. The van der Waals surface area contributed by atoms with Gasteiger partial charge in [0, 0.05) is 5.69 Å². The Hall–Kier alpha value is -1.93. The summed E-state index contributed by atoms with van der Waals surface area (Å²) in [4.78, 5) is 38.6. The zero-order chi connectivity index (χ0) is 15.3. The van der Waals surface area contributed by atoms with E-state index in [0.717, 1.165) is 0 Å². The van der Waals surface area contributed by atoms with Crippen LogP contribution in [0.5, 0.6) is 0 Å². The van der Waals surface area contributed by atoms with E-state index in [1.54, 1.807) is 6.92 Å². The van der Waals surface area contributed by atoms with Crippen LogP contribution in [0.4, 0.5) is 0 Å². The molecule has 1 rings (SSSR count). The quantitative estimate of drug-likeness (QED) is 0.327. The minimum atomic E-state index is -0.651. The molecule has 118 valence electrons. The SMILES string of the molecule is Cc1[nH]c(=O)[nH]c(=O)c1C=NNC(=O)[C@@H](N)CC(C)C.[Cl-]. The van der Waals surface area contributed by atoms with Crippen LogP contribution in [0.25, 0.3) is 0 Å². The van der Waals surface area contributed by atoms with Gasteiger partial charge in [-0.1, -0.05) is 13.8 Å². The highest BCUT2D eigenvalue weighted by molar-refractivity contribution is 5.85. The Balaban J connectivity index is 0.00000400. The van der Waals surface area contributed by atoms with Crippen molar-refractivity contribution in [3.63, 3.8) is 0 Å². The monoisotopic (exact) mass is 316 g/mol. The van der Waals surface area contributed by atoms with Crippen LogP contribution in [0.15, 0.2) is 14.7 Å². The molecule has 0 saturated carbocycles. The molecule has 0 saturated heterocycles. The molecule has 0 spiro atoms. The molecule has 0 aliphatic carbocycles. The van der Waals surface area contributed by atoms with Gasteiger partial charge in [0.1, 0.15) is 0 Å². The topological polar surface area (TPSA) is 133 Å². The van der Waals surface area contributed by atoms with Gasteiger partial charge in [-0.3, -0.25) is 14.6 Å². The summed E-state index contributed by atoms with van der Waals surface area (Å²) in [5, 5.41) is 3.67. The van der Waals surface area contributed by atoms with Crippen molar-refractivity contribution in [2.75, 3.05) is 0 Å². The standard InChI is InChI=1S/C12H19N5O3.ClH/c1-6(2)4-9(13)11(19)17-14-5-8-7(3)15-12(20)16-10(8)18;/h5-6,9H,4,13H2,1-3H3,(H,17,19)(H2,15,16,18,20);1H/p-1/t9-;/m0./s1. The maximum atomic E-state index is 11.6. The molecular weight excluding hydrogens is 298 g/mol. The van der Waals surface area contributed by atoms with E-state index in [0.29, 0.717) is 18.0 Å². The Kier molecular flexibility index (Phi) is 7.61. The van der Waals surface area contributed by atoms with Crippen LogP contribution < -0.4 is 34.8 Å². The van der Waals surface area contributed by atoms with Gasteiger partial charge in [-0.05, 0) is 19.3 Å². The van der Waals surface area contributed by atoms with E-state index in [4.69, 9.17) is 5.73 Å². The summed E-state index contributed by atoms with van der Waals surface area (Å²) >= 11 is 0. The molecule has 1 heterocycles. The molecule has 1 aromatic heterocycles. The molecule has 21 heavy (non-hydrogen) atoms. The van der Waals surface area contributed by atoms with Crippen LogP contribution in [0.1, 0.15) is 31.5 Å². The normalized spacial score (nSPS) is 12.2. The van der Waals surface area contributed by atoms with Gasteiger partial charge in [0.2, 0.25) is 0 Å². The molecule has 0 radical (unpaired) electrons. The maximum Gasteiger partial charge on any atom is 0.325 e. The number of amides is 1. The highest BCUT2D eigenvalue weighted by Crippen LogP contribution is 2.02. The van der Waals surface area contributed by atoms with Crippen LogP contribution in [0.2, 0.25) is 0 Å². The zero-order valence-electron chi connectivity index (χ0n) is 12.1. The van der Waals surface area contributed by atoms with E-state index in [9.17, 15) is 14.4 Å². The van der Waals surface area contributed by atoms with Crippen molar-refractivity contribution < 1.29 is 17.2 Å². The largest absolute Gasteiger partial charge is 1.00 e. The zero-order valence-corrected chi connectivity index (χ0v) is 12.8. The minimum Gasteiger partial charge on any atom is -1.00 e. The number of nitrogens with two attached hydrogens (primary N) is 1. The molecule has 1 aromatic rings. The number of aromatic nitrogens is 2. The van der Waals surface area contributed by atoms with Crippen LogP contribution in [0, 0.1) is 12.8 Å². The number of hydrogen-bond acceptors (Lipinski definition) is 5. The maximum absolute atomic E-state index is 11.6. The van der Waals surface area contributed by atoms with Gasteiger partial charge in [-0.15, -0.1) is 0 Å². The molecule has 0 bridgehead atoms. The van der Waals surface area contributed by atoms with Crippen molar-refractivity contribution in [1.82, 2.24) is 15.4 Å². The molecule has 8 nitrogen and oxygen atoms in total. The number of aryl methyl sites for hydroxylation is 1. The fraction of sp³-hybridized carbons (Fsp3) is 0.500. The predicted molar refractivity (Wildman–Crippen MR) is 75.6 cm³/mol. The van der Waals surface area contributed by atoms with Gasteiger partial charge >= 0.3 is 5.69 Å². The molecule has 9 heteroatoms. The summed E-state index contributed by atoms with van der Waals surface area (Å²) in [5.41, 5.74) is 7.31. The Labute approximate surface area is 127 Å². The van der Waals surface area contributed by atoms with Crippen molar-refractivity contribution >= 4 is 12.1 Å². The summed E-state index contributed by atoms with van der Waals surface area (Å²) in [6.07, 6.45) is 1.71. The van der Waals surface area contributed by atoms with E-state index in [1.165, 1.54) is 6.21 Å². The summed E-state index contributed by atoms with van der Waals surface area (Å²) < 4.78 is 0. The number of nitrogens with zero attached hydrogens (tertiary/aromatic N) is 1. The van der Waals surface area contributed by atoms with Crippen molar-refractivity contribution in [3.8, 4) is 0 Å². The first kappa shape index (κ1) is 19.1. The third-order valence-electron chi connectivity index (χ3n) is 2.61. The second-order valence-corrected chi connectivity index (χ2v) is 4.92. The summed E-state index contributed by atoms with van der Waals surface area (Å²) in [6.45, 7) is 5.48. The first-order valence-corrected chi connectivity index (χ1v) is 6.23. The van der Waals surface area contributed by atoms with E-state index >= 15 is 0 Å². The Morgan fingerprint density at radius 1 is 1.38 bits per heavy atom. The first-order chi connectivity index (χ1) is 9.31. The molecule has 5 N–H and O–H groups in total. The molecule has 0 fully saturated rings. The van der Waals surface area contributed by atoms with Crippen molar-refractivity contribution in [2.24, 2.45) is 16.8 Å². The molecule has 0 unspecified atom stereocenters. The molecule has 0 aromatic carbocycles. The number of hydrogen-bond donors (Lipinski definition) is 4. The van der Waals surface area contributed by atoms with E-state index in [-0.39, 0.29) is 18.0 Å². The third kappa shape index (κ3) is 5.92. The van der Waals surface area contributed by atoms with Crippen molar-refractivity contribution in [1.29, 1.82) is 0 Å². The second-order valence-electron chi connectivity index (χ2n) is 4.92. The number of halogens is 1. The van der Waals surface area contributed by atoms with Crippen LogP contribution in [-0.4, -0.2) is 28.1 Å². The highest BCUT2D eigenvalue weighted by Gasteiger charge is 2.14. The predicted octanol–water partition coefficient (Wildman–Crippen LogP) is -3.80. The lowest BCUT2D eigenvalue weighted by Gasteiger charge is -2.11. The second kappa shape index (κ2) is 8.38. The Morgan fingerprint density at radius 3 is 2.52 bits per heavy atom. The van der Waals surface area contributed by atoms with Gasteiger partial charge in [-0.25, -0.2) is 10.2 Å². The van der Waals surface area contributed by atoms with Crippen molar-refractivity contribution in [2.45, 2.75) is 33.2 Å². The van der Waals surface area contributed by atoms with Gasteiger partial charge in [-0.2, -0.15) is 5.10 Å². The number of hydrazone groups is 1. The Morgan fingerprint density at radius 2 is 2.00 bits per heavy atom. The fourth-order valence-corrected chi connectivity index (χ4v) is 1.62. The fourth-order valence-electron chi connectivity index (χ4n) is 1.62. The number of aromatic amines is 2. The molecule has 1 atom stereocenters. The van der Waals surface area contributed by atoms with E-state index < -0.39 is 23.2 Å². The number of carbonyl (C=O) groups is 1. The van der Waals surface area contributed by atoms with Gasteiger partial charge in [0.05, 0.1) is 17.8 Å². The number of nitrogens with one attached hydrogen (secondary N) is 3. The van der Waals surface area contributed by atoms with Crippen LogP contribution in [-0.2, 0) is 4.79 Å². The summed E-state index contributed by atoms with van der Waals surface area (Å²) in [7, 11) is 0. The van der Waals surface area contributed by atoms with Gasteiger partial charge in [0.25, 0.3) is 11.5 Å². The summed E-state index contributed by atoms with van der Waals surface area (Å²) in [5.74, 6) is -0.127. The van der Waals surface area contributed by atoms with Gasteiger partial charge in [0.15, 0.2) is 0 Å². The lowest BCUT2D eigenvalue weighted by molar-refractivity contribution is -0.122. The van der Waals surface area contributed by atoms with E-state index in [2.05, 4.69) is 20.5 Å². The van der Waals surface area contributed by atoms with Crippen LogP contribution >= 0.6 is 0 Å². The minimum absolute atomic E-state index is 0. The molecular formula is C12H19ClN5O3-. The number of carbonyl (C=O) groups excluding carboxylic acids is 1. The lowest BCUT2D eigenvalue weighted by atomic mass is 10.0. The molecule has 1 amide bonds. The molecule has 0 aliphatic heterocycles. The van der Waals surface area contributed by atoms with E-state index in [1.807, 2.05) is 13.8 Å². The van der Waals surface area contributed by atoms with Crippen molar-refractivity contribution in [3.05, 3.63) is 32.1 Å². The summed E-state index contributed by atoms with van der Waals surface area (Å²) in [6, 6.07) is -0.651. The average molecular weight is 317 g/mol. The van der Waals surface area contributed by atoms with Gasteiger partial charge < -0.3 is 23.1 Å². The highest BCUT2D eigenvalue weighted by atomic mass is 35.5. The Bertz CT molecular complexity index is 620. The first-order valence-electron chi connectivity index (χ1n) is 6.23. The number of rotatable bonds is 5.